The summed E-state index contributed by atoms with van der Waals surface area (Å²) in [6.07, 6.45) is 3.19. The number of ether oxygens (including phenoxy) is 2. The number of fused-ring (bicyclic) bond motifs is 4. The van der Waals surface area contributed by atoms with E-state index in [4.69, 9.17) is 9.47 Å². The third kappa shape index (κ3) is 1.65. The van der Waals surface area contributed by atoms with Crippen molar-refractivity contribution in [2.24, 2.45) is 10.8 Å². The maximum Gasteiger partial charge on any atom is 0.231 e. The van der Waals surface area contributed by atoms with Crippen molar-refractivity contribution in [2.75, 3.05) is 6.79 Å². The van der Waals surface area contributed by atoms with Crippen molar-refractivity contribution in [3.05, 3.63) is 29.0 Å². The highest BCUT2D eigenvalue weighted by atomic mass is 16.7. The lowest BCUT2D eigenvalue weighted by molar-refractivity contribution is -0.361. The Hall–Kier alpha value is -1.97. The van der Waals surface area contributed by atoms with Gasteiger partial charge in [0.25, 0.3) is 0 Å². The van der Waals surface area contributed by atoms with Crippen LogP contribution >= 0.6 is 0 Å². The van der Waals surface area contributed by atoms with Gasteiger partial charge in [0.2, 0.25) is 18.2 Å². The van der Waals surface area contributed by atoms with Gasteiger partial charge in [-0.25, -0.2) is 0 Å². The molecule has 0 atom stereocenters. The molecule has 0 fully saturated rings. The van der Waals surface area contributed by atoms with E-state index in [0.717, 1.165) is 33.8 Å². The van der Waals surface area contributed by atoms with E-state index in [0.29, 0.717) is 11.4 Å². The van der Waals surface area contributed by atoms with Gasteiger partial charge in [0.1, 0.15) is 0 Å². The fourth-order valence-electron chi connectivity index (χ4n) is 4.12. The molecule has 3 aliphatic rings. The van der Waals surface area contributed by atoms with Crippen LogP contribution in [0.25, 0.3) is 5.57 Å². The molecule has 21 heavy (non-hydrogen) atoms. The van der Waals surface area contributed by atoms with Gasteiger partial charge in [-0.2, -0.15) is 4.74 Å². The average molecular weight is 285 g/mol. The van der Waals surface area contributed by atoms with E-state index in [9.17, 15) is 5.21 Å². The molecule has 4 nitrogen and oxygen atoms in total. The van der Waals surface area contributed by atoms with Crippen LogP contribution in [0.2, 0.25) is 0 Å². The minimum absolute atomic E-state index is 0.0706. The van der Waals surface area contributed by atoms with E-state index in [1.54, 1.807) is 6.07 Å². The van der Waals surface area contributed by atoms with Crippen LogP contribution in [-0.2, 0) is 0 Å². The molecule has 0 aromatic heterocycles. The molecule has 4 rings (SSSR count). The van der Waals surface area contributed by atoms with Gasteiger partial charge in [-0.15, -0.1) is 0 Å². The maximum atomic E-state index is 12.8. The molecule has 0 N–H and O–H groups in total. The van der Waals surface area contributed by atoms with E-state index in [2.05, 4.69) is 33.8 Å². The summed E-state index contributed by atoms with van der Waals surface area (Å²) < 4.78 is 11.9. The molecular weight excluding hydrogens is 266 g/mol. The van der Waals surface area contributed by atoms with Crippen LogP contribution in [0.15, 0.2) is 18.2 Å². The van der Waals surface area contributed by atoms with Crippen molar-refractivity contribution in [1.82, 2.24) is 0 Å². The van der Waals surface area contributed by atoms with Gasteiger partial charge >= 0.3 is 0 Å². The van der Waals surface area contributed by atoms with Crippen LogP contribution in [0.3, 0.4) is 0 Å². The molecule has 0 unspecified atom stereocenters. The number of allylic oxidation sites excluding steroid dienone is 2. The van der Waals surface area contributed by atoms with Crippen molar-refractivity contribution < 1.29 is 14.2 Å². The Bertz CT molecular complexity index is 726. The van der Waals surface area contributed by atoms with Gasteiger partial charge in [0.15, 0.2) is 11.5 Å². The van der Waals surface area contributed by atoms with E-state index < -0.39 is 0 Å². The van der Waals surface area contributed by atoms with Crippen LogP contribution in [0.5, 0.6) is 11.5 Å². The number of benzene rings is 1. The summed E-state index contributed by atoms with van der Waals surface area (Å²) in [5, 5.41) is 12.8. The first-order valence-electron chi connectivity index (χ1n) is 7.30. The first kappa shape index (κ1) is 12.7. The molecule has 0 saturated carbocycles. The average Bonchev–Trinajstić information content (AvgIpc) is 2.89. The van der Waals surface area contributed by atoms with Crippen molar-refractivity contribution in [3.63, 3.8) is 0 Å². The summed E-state index contributed by atoms with van der Waals surface area (Å²) in [4.78, 5) is 0. The molecule has 0 spiro atoms. The molecule has 4 heteroatoms. The quantitative estimate of drug-likeness (QED) is 0.537. The highest BCUT2D eigenvalue weighted by Crippen LogP contribution is 2.52. The van der Waals surface area contributed by atoms with Crippen LogP contribution in [-0.4, -0.2) is 17.2 Å². The molecule has 0 amide bonds. The van der Waals surface area contributed by atoms with Gasteiger partial charge in [0, 0.05) is 0 Å². The molecule has 1 aliphatic carbocycles. The third-order valence-electron chi connectivity index (χ3n) is 4.53. The van der Waals surface area contributed by atoms with Crippen LogP contribution in [0.1, 0.15) is 39.7 Å². The zero-order chi connectivity index (χ0) is 15.0. The van der Waals surface area contributed by atoms with Crippen molar-refractivity contribution >= 4 is 17.0 Å². The molecule has 0 bridgehead atoms. The number of nitrogens with zero attached hydrogens (tertiary/aromatic N) is 1. The number of hydrogen-bond donors (Lipinski definition) is 0. The van der Waals surface area contributed by atoms with Crippen LogP contribution in [0, 0.1) is 16.0 Å². The van der Waals surface area contributed by atoms with Gasteiger partial charge in [0.05, 0.1) is 22.6 Å². The molecule has 2 aliphatic heterocycles. The lowest BCUT2D eigenvalue weighted by atomic mass is 9.65. The third-order valence-corrected chi connectivity index (χ3v) is 4.53. The van der Waals surface area contributed by atoms with Crippen molar-refractivity contribution in [3.8, 4) is 11.5 Å². The van der Waals surface area contributed by atoms with Gasteiger partial charge in [-0.1, -0.05) is 19.9 Å². The Morgan fingerprint density at radius 2 is 1.76 bits per heavy atom. The summed E-state index contributed by atoms with van der Waals surface area (Å²) in [5.74, 6) is 1.39. The van der Waals surface area contributed by atoms with Crippen molar-refractivity contribution in [1.29, 1.82) is 0 Å². The molecule has 0 radical (unpaired) electrons. The largest absolute Gasteiger partial charge is 0.618 e. The van der Waals surface area contributed by atoms with Crippen LogP contribution < -0.4 is 9.47 Å². The summed E-state index contributed by atoms with van der Waals surface area (Å²) >= 11 is 0. The SMILES string of the molecule is CC1(C)C=C2C(=[N+]([O-])c3cc4c(cc32)OCO4)C(C)(C)C1. The summed E-state index contributed by atoms with van der Waals surface area (Å²) in [6, 6.07) is 3.75. The van der Waals surface area contributed by atoms with E-state index in [-0.39, 0.29) is 17.6 Å². The molecule has 2 heterocycles. The van der Waals surface area contributed by atoms with E-state index in [1.807, 2.05) is 6.07 Å². The van der Waals surface area contributed by atoms with Crippen molar-refractivity contribution in [2.45, 2.75) is 34.1 Å². The normalized spacial score (nSPS) is 23.7. The first-order chi connectivity index (χ1) is 9.78. The smallest absolute Gasteiger partial charge is 0.231 e. The van der Waals surface area contributed by atoms with E-state index >= 15 is 0 Å². The Kier molecular flexibility index (Phi) is 2.19. The van der Waals surface area contributed by atoms with Gasteiger partial charge in [-0.05, 0) is 31.7 Å². The molecule has 1 aromatic carbocycles. The minimum Gasteiger partial charge on any atom is -0.618 e. The number of rotatable bonds is 0. The Morgan fingerprint density at radius 1 is 1.10 bits per heavy atom. The molecule has 1 aromatic rings. The first-order valence-corrected chi connectivity index (χ1v) is 7.30. The summed E-state index contributed by atoms with van der Waals surface area (Å²) in [5.41, 5.74) is 3.47. The zero-order valence-corrected chi connectivity index (χ0v) is 12.8. The van der Waals surface area contributed by atoms with Gasteiger partial charge < -0.3 is 14.7 Å². The van der Waals surface area contributed by atoms with Crippen LogP contribution in [0.4, 0.5) is 5.69 Å². The summed E-state index contributed by atoms with van der Waals surface area (Å²) in [7, 11) is 0. The number of hydrogen-bond acceptors (Lipinski definition) is 3. The van der Waals surface area contributed by atoms with Gasteiger partial charge in [-0.3, -0.25) is 0 Å². The monoisotopic (exact) mass is 285 g/mol. The second-order valence-electron chi connectivity index (χ2n) is 7.47. The standard InChI is InChI=1S/C17H19NO3/c1-16(2)7-11-10-5-13-14(21-9-20-13)6-12(10)18(19)15(11)17(3,4)8-16/h5-7H,8-9H2,1-4H3. The molecular formula is C17H19NO3. The molecule has 0 saturated heterocycles. The Labute approximate surface area is 124 Å². The second kappa shape index (κ2) is 3.62. The fraction of sp³-hybridized carbons (Fsp3) is 0.471. The topological polar surface area (TPSA) is 44.5 Å². The van der Waals surface area contributed by atoms with E-state index in [1.165, 1.54) is 0 Å². The highest BCUT2D eigenvalue weighted by molar-refractivity contribution is 6.28. The minimum atomic E-state index is -0.152. The predicted octanol–water partition coefficient (Wildman–Crippen LogP) is 3.85. The summed E-state index contributed by atoms with van der Waals surface area (Å²) in [6.45, 7) is 8.96. The highest BCUT2D eigenvalue weighted by Gasteiger charge is 2.48. The lowest BCUT2D eigenvalue weighted by Gasteiger charge is -2.36. The Balaban J connectivity index is 2.00. The Morgan fingerprint density at radius 3 is 2.48 bits per heavy atom. The molecule has 110 valence electrons. The fourth-order valence-corrected chi connectivity index (χ4v) is 4.12. The second-order valence-corrected chi connectivity index (χ2v) is 7.47. The lowest BCUT2D eigenvalue weighted by Crippen LogP contribution is -2.36. The maximum absolute atomic E-state index is 12.8. The zero-order valence-electron chi connectivity index (χ0n) is 12.8. The predicted molar refractivity (Wildman–Crippen MR) is 81.0 cm³/mol.